The summed E-state index contributed by atoms with van der Waals surface area (Å²) in [5, 5.41) is 3.25. The zero-order valence-electron chi connectivity index (χ0n) is 10.2. The van der Waals surface area contributed by atoms with Crippen molar-refractivity contribution < 1.29 is 14.3 Å². The predicted octanol–water partition coefficient (Wildman–Crippen LogP) is 1.84. The Morgan fingerprint density at radius 1 is 1.53 bits per heavy atom. The van der Waals surface area contributed by atoms with Crippen LogP contribution < -0.4 is 10.1 Å². The monoisotopic (exact) mass is 235 g/mol. The molecule has 4 nitrogen and oxygen atoms in total. The summed E-state index contributed by atoms with van der Waals surface area (Å²) in [5.74, 6) is 0.582. The molecule has 0 saturated carbocycles. The summed E-state index contributed by atoms with van der Waals surface area (Å²) >= 11 is 0. The summed E-state index contributed by atoms with van der Waals surface area (Å²) in [6.45, 7) is 2.89. The van der Waals surface area contributed by atoms with Crippen LogP contribution in [-0.4, -0.2) is 26.2 Å². The van der Waals surface area contributed by atoms with Crippen LogP contribution in [0.4, 0.5) is 5.69 Å². The second-order valence-electron chi connectivity index (χ2n) is 4.06. The van der Waals surface area contributed by atoms with Crippen molar-refractivity contribution in [2.45, 2.75) is 13.3 Å². The van der Waals surface area contributed by atoms with Crippen molar-refractivity contribution in [3.05, 3.63) is 23.8 Å². The van der Waals surface area contributed by atoms with E-state index >= 15 is 0 Å². The zero-order valence-corrected chi connectivity index (χ0v) is 10.2. The number of methoxy groups -OCH3 is 1. The lowest BCUT2D eigenvalue weighted by molar-refractivity contribution is -0.147. The molecular formula is C13H17NO3. The SMILES string of the molecule is CCOC(=O)C1CNc2ccc(OC)cc2C1. The first-order chi connectivity index (χ1) is 8.24. The van der Waals surface area contributed by atoms with Crippen molar-refractivity contribution in [1.82, 2.24) is 0 Å². The van der Waals surface area contributed by atoms with Gasteiger partial charge in [-0.05, 0) is 37.1 Å². The summed E-state index contributed by atoms with van der Waals surface area (Å²) in [7, 11) is 1.64. The number of hydrogen-bond acceptors (Lipinski definition) is 4. The topological polar surface area (TPSA) is 47.6 Å². The first kappa shape index (κ1) is 11.8. The van der Waals surface area contributed by atoms with Crippen LogP contribution >= 0.6 is 0 Å². The third-order valence-corrected chi connectivity index (χ3v) is 2.94. The summed E-state index contributed by atoms with van der Waals surface area (Å²) in [5.41, 5.74) is 2.18. The second kappa shape index (κ2) is 5.08. The molecule has 0 bridgehead atoms. The largest absolute Gasteiger partial charge is 0.497 e. The zero-order chi connectivity index (χ0) is 12.3. The van der Waals surface area contributed by atoms with Gasteiger partial charge < -0.3 is 14.8 Å². The van der Waals surface area contributed by atoms with E-state index in [9.17, 15) is 4.79 Å². The first-order valence-corrected chi connectivity index (χ1v) is 5.82. The van der Waals surface area contributed by atoms with Crippen molar-refractivity contribution in [1.29, 1.82) is 0 Å². The molecule has 1 aliphatic heterocycles. The fraction of sp³-hybridized carbons (Fsp3) is 0.462. The number of fused-ring (bicyclic) bond motifs is 1. The van der Waals surface area contributed by atoms with Crippen molar-refractivity contribution in [3.63, 3.8) is 0 Å². The Balaban J connectivity index is 2.14. The number of nitrogens with one attached hydrogen (secondary N) is 1. The molecule has 1 aromatic carbocycles. The molecule has 0 spiro atoms. The smallest absolute Gasteiger partial charge is 0.311 e. The van der Waals surface area contributed by atoms with Crippen molar-refractivity contribution in [2.24, 2.45) is 5.92 Å². The van der Waals surface area contributed by atoms with Gasteiger partial charge in [0.25, 0.3) is 0 Å². The van der Waals surface area contributed by atoms with Crippen molar-refractivity contribution >= 4 is 11.7 Å². The lowest BCUT2D eigenvalue weighted by Crippen LogP contribution is -2.31. The highest BCUT2D eigenvalue weighted by Crippen LogP contribution is 2.28. The molecule has 1 N–H and O–H groups in total. The maximum atomic E-state index is 11.7. The maximum Gasteiger partial charge on any atom is 0.311 e. The summed E-state index contributed by atoms with van der Waals surface area (Å²) < 4.78 is 10.2. The number of benzene rings is 1. The number of esters is 1. The Labute approximate surface area is 101 Å². The lowest BCUT2D eigenvalue weighted by Gasteiger charge is -2.25. The lowest BCUT2D eigenvalue weighted by atomic mass is 9.94. The molecule has 1 atom stereocenters. The summed E-state index contributed by atoms with van der Waals surface area (Å²) in [6.07, 6.45) is 0.707. The minimum absolute atomic E-state index is 0.102. The van der Waals surface area contributed by atoms with Gasteiger partial charge in [0.15, 0.2) is 0 Å². The van der Waals surface area contributed by atoms with Gasteiger partial charge in [-0.3, -0.25) is 4.79 Å². The van der Waals surface area contributed by atoms with Gasteiger partial charge in [-0.2, -0.15) is 0 Å². The van der Waals surface area contributed by atoms with Crippen LogP contribution in [0.3, 0.4) is 0 Å². The molecule has 1 heterocycles. The van der Waals surface area contributed by atoms with E-state index in [4.69, 9.17) is 9.47 Å². The third kappa shape index (κ3) is 2.52. The number of carbonyl (C=O) groups is 1. The number of rotatable bonds is 3. The molecule has 1 aliphatic rings. The van der Waals surface area contributed by atoms with E-state index in [1.165, 1.54) is 0 Å². The van der Waals surface area contributed by atoms with Gasteiger partial charge in [-0.15, -0.1) is 0 Å². The normalized spacial score (nSPS) is 17.9. The number of hydrogen-bond donors (Lipinski definition) is 1. The molecule has 1 unspecified atom stereocenters. The second-order valence-corrected chi connectivity index (χ2v) is 4.06. The average Bonchev–Trinajstić information content (AvgIpc) is 2.37. The quantitative estimate of drug-likeness (QED) is 0.812. The van der Waals surface area contributed by atoms with E-state index in [2.05, 4.69) is 5.32 Å². The Hall–Kier alpha value is -1.71. The van der Waals surface area contributed by atoms with Gasteiger partial charge in [0.2, 0.25) is 0 Å². The Kier molecular flexibility index (Phi) is 3.52. The highest BCUT2D eigenvalue weighted by molar-refractivity contribution is 5.75. The minimum Gasteiger partial charge on any atom is -0.497 e. The molecule has 92 valence electrons. The summed E-state index contributed by atoms with van der Waals surface area (Å²) in [4.78, 5) is 11.7. The first-order valence-electron chi connectivity index (χ1n) is 5.82. The Bertz CT molecular complexity index is 417. The molecule has 0 radical (unpaired) electrons. The van der Waals surface area contributed by atoms with Gasteiger partial charge in [0, 0.05) is 12.2 Å². The summed E-state index contributed by atoms with van der Waals surface area (Å²) in [6, 6.07) is 5.86. The van der Waals surface area contributed by atoms with Gasteiger partial charge in [0.1, 0.15) is 5.75 Å². The maximum absolute atomic E-state index is 11.7. The van der Waals surface area contributed by atoms with E-state index in [0.717, 1.165) is 17.0 Å². The molecule has 0 saturated heterocycles. The van der Waals surface area contributed by atoms with Crippen LogP contribution in [0.5, 0.6) is 5.75 Å². The molecule has 2 rings (SSSR count). The molecule has 17 heavy (non-hydrogen) atoms. The number of ether oxygens (including phenoxy) is 2. The van der Waals surface area contributed by atoms with E-state index in [0.29, 0.717) is 19.6 Å². The molecule has 1 aromatic rings. The van der Waals surface area contributed by atoms with Crippen molar-refractivity contribution in [2.75, 3.05) is 25.6 Å². The van der Waals surface area contributed by atoms with Gasteiger partial charge in [-0.25, -0.2) is 0 Å². The third-order valence-electron chi connectivity index (χ3n) is 2.94. The van der Waals surface area contributed by atoms with Crippen LogP contribution in [0.2, 0.25) is 0 Å². The number of carbonyl (C=O) groups excluding carboxylic acids is 1. The van der Waals surface area contributed by atoms with Crippen molar-refractivity contribution in [3.8, 4) is 5.75 Å². The van der Waals surface area contributed by atoms with E-state index < -0.39 is 0 Å². The highest BCUT2D eigenvalue weighted by Gasteiger charge is 2.25. The van der Waals surface area contributed by atoms with Crippen LogP contribution in [-0.2, 0) is 16.0 Å². The molecule has 0 aromatic heterocycles. The highest BCUT2D eigenvalue weighted by atomic mass is 16.5. The van der Waals surface area contributed by atoms with Crippen LogP contribution in [0.15, 0.2) is 18.2 Å². The van der Waals surface area contributed by atoms with Gasteiger partial charge in [0.05, 0.1) is 19.6 Å². The van der Waals surface area contributed by atoms with E-state index in [1.54, 1.807) is 7.11 Å². The van der Waals surface area contributed by atoms with Crippen LogP contribution in [0, 0.1) is 5.92 Å². The molecule has 0 aliphatic carbocycles. The Morgan fingerprint density at radius 3 is 3.06 bits per heavy atom. The number of anilines is 1. The fourth-order valence-corrected chi connectivity index (χ4v) is 2.04. The van der Waals surface area contributed by atoms with E-state index in [-0.39, 0.29) is 11.9 Å². The van der Waals surface area contributed by atoms with Gasteiger partial charge >= 0.3 is 5.97 Å². The predicted molar refractivity (Wildman–Crippen MR) is 65.3 cm³/mol. The van der Waals surface area contributed by atoms with Crippen LogP contribution in [0.25, 0.3) is 0 Å². The Morgan fingerprint density at radius 2 is 2.35 bits per heavy atom. The fourth-order valence-electron chi connectivity index (χ4n) is 2.04. The minimum atomic E-state index is -0.131. The molecule has 0 fully saturated rings. The molecule has 4 heteroatoms. The average molecular weight is 235 g/mol. The standard InChI is InChI=1S/C13H17NO3/c1-3-17-13(15)10-6-9-7-11(16-2)4-5-12(9)14-8-10/h4-5,7,10,14H,3,6,8H2,1-2H3. The molecule has 0 amide bonds. The van der Waals surface area contributed by atoms with Gasteiger partial charge in [-0.1, -0.05) is 0 Å². The molecular weight excluding hydrogens is 218 g/mol. The van der Waals surface area contributed by atoms with E-state index in [1.807, 2.05) is 25.1 Å². The van der Waals surface area contributed by atoms with Crippen LogP contribution in [0.1, 0.15) is 12.5 Å².